The van der Waals surface area contributed by atoms with Crippen molar-refractivity contribution in [1.29, 1.82) is 0 Å². The average molecular weight is 320 g/mol. The topological polar surface area (TPSA) is 87.6 Å². The van der Waals surface area contributed by atoms with Gasteiger partial charge in [-0.2, -0.15) is 10.2 Å². The van der Waals surface area contributed by atoms with Crippen molar-refractivity contribution < 1.29 is 4.79 Å². The molecule has 4 rings (SSSR count). The van der Waals surface area contributed by atoms with Crippen molar-refractivity contribution in [2.75, 3.05) is 5.32 Å². The molecule has 0 aliphatic carbocycles. The minimum atomic E-state index is -0.247. The molecule has 2 heterocycles. The summed E-state index contributed by atoms with van der Waals surface area (Å²) in [6.07, 6.45) is 3.55. The van der Waals surface area contributed by atoms with Crippen LogP contribution in [0.5, 0.6) is 0 Å². The first-order valence-electron chi connectivity index (χ1n) is 7.58. The molecule has 0 fully saturated rings. The highest BCUT2D eigenvalue weighted by atomic mass is 16.2. The monoisotopic (exact) mass is 320 g/mol. The van der Waals surface area contributed by atoms with E-state index in [1.54, 1.807) is 6.20 Å². The quantitative estimate of drug-likeness (QED) is 0.542. The molecule has 0 aliphatic rings. The number of aromatic amines is 1. The fraction of sp³-hybridized carbons (Fsp3) is 0.118. The summed E-state index contributed by atoms with van der Waals surface area (Å²) in [5.41, 5.74) is 3.72. The van der Waals surface area contributed by atoms with Crippen molar-refractivity contribution >= 4 is 33.5 Å². The predicted molar refractivity (Wildman–Crippen MR) is 92.7 cm³/mol. The van der Waals surface area contributed by atoms with Crippen LogP contribution in [-0.4, -0.2) is 26.0 Å². The molecular formula is C17H16N6O. The fourth-order valence-electron chi connectivity index (χ4n) is 2.68. The van der Waals surface area contributed by atoms with E-state index in [1.165, 1.54) is 0 Å². The molecule has 3 N–H and O–H groups in total. The number of hydrogen-bond donors (Lipinski definition) is 3. The van der Waals surface area contributed by atoms with Crippen LogP contribution >= 0.6 is 0 Å². The number of nitrogens with one attached hydrogen (secondary N) is 3. The van der Waals surface area contributed by atoms with Gasteiger partial charge >= 0.3 is 6.03 Å². The third-order valence-corrected chi connectivity index (χ3v) is 3.96. The Labute approximate surface area is 137 Å². The Morgan fingerprint density at radius 2 is 2.08 bits per heavy atom. The highest BCUT2D eigenvalue weighted by Gasteiger charge is 2.05. The fourth-order valence-corrected chi connectivity index (χ4v) is 2.68. The molecule has 4 aromatic rings. The summed E-state index contributed by atoms with van der Waals surface area (Å²) in [4.78, 5) is 12.1. The van der Waals surface area contributed by atoms with Crippen LogP contribution in [0.3, 0.4) is 0 Å². The summed E-state index contributed by atoms with van der Waals surface area (Å²) < 4.78 is 1.82. The molecule has 0 saturated carbocycles. The Morgan fingerprint density at radius 3 is 3.00 bits per heavy atom. The van der Waals surface area contributed by atoms with Crippen LogP contribution in [0.2, 0.25) is 0 Å². The molecule has 0 spiro atoms. The van der Waals surface area contributed by atoms with Crippen LogP contribution in [0.1, 0.15) is 5.56 Å². The molecule has 0 radical (unpaired) electrons. The van der Waals surface area contributed by atoms with Gasteiger partial charge < -0.3 is 10.6 Å². The molecule has 24 heavy (non-hydrogen) atoms. The van der Waals surface area contributed by atoms with E-state index in [0.29, 0.717) is 6.54 Å². The van der Waals surface area contributed by atoms with Crippen LogP contribution in [0.15, 0.2) is 48.8 Å². The Kier molecular flexibility index (Phi) is 3.38. The van der Waals surface area contributed by atoms with E-state index >= 15 is 0 Å². The zero-order chi connectivity index (χ0) is 16.5. The summed E-state index contributed by atoms with van der Waals surface area (Å²) >= 11 is 0. The van der Waals surface area contributed by atoms with Gasteiger partial charge in [-0.1, -0.05) is 12.1 Å². The van der Waals surface area contributed by atoms with Crippen molar-refractivity contribution in [3.05, 3.63) is 54.4 Å². The van der Waals surface area contributed by atoms with Gasteiger partial charge in [-0.3, -0.25) is 9.78 Å². The highest BCUT2D eigenvalue weighted by molar-refractivity contribution is 5.92. The van der Waals surface area contributed by atoms with Gasteiger partial charge in [0.05, 0.1) is 23.4 Å². The van der Waals surface area contributed by atoms with Crippen LogP contribution in [0.4, 0.5) is 10.5 Å². The Bertz CT molecular complexity index is 1030. The van der Waals surface area contributed by atoms with Gasteiger partial charge in [-0.25, -0.2) is 4.79 Å². The maximum absolute atomic E-state index is 12.1. The van der Waals surface area contributed by atoms with E-state index < -0.39 is 0 Å². The lowest BCUT2D eigenvalue weighted by atomic mass is 10.1. The van der Waals surface area contributed by atoms with Crippen LogP contribution < -0.4 is 10.6 Å². The number of carbonyl (C=O) groups excluding carboxylic acids is 1. The van der Waals surface area contributed by atoms with E-state index in [-0.39, 0.29) is 6.03 Å². The lowest BCUT2D eigenvalue weighted by Crippen LogP contribution is -2.28. The molecule has 0 unspecified atom stereocenters. The summed E-state index contributed by atoms with van der Waals surface area (Å²) in [5.74, 6) is 0. The van der Waals surface area contributed by atoms with Crippen molar-refractivity contribution in [1.82, 2.24) is 25.3 Å². The minimum Gasteiger partial charge on any atom is -0.334 e. The number of carbonyl (C=O) groups is 1. The van der Waals surface area contributed by atoms with E-state index in [0.717, 1.165) is 33.1 Å². The molecule has 2 aromatic heterocycles. The number of amides is 2. The number of rotatable bonds is 3. The molecule has 0 atom stereocenters. The van der Waals surface area contributed by atoms with E-state index in [1.807, 2.05) is 54.3 Å². The number of fused-ring (bicyclic) bond motifs is 2. The molecule has 0 saturated heterocycles. The third kappa shape index (κ3) is 2.67. The van der Waals surface area contributed by atoms with Gasteiger partial charge in [0.1, 0.15) is 0 Å². The minimum absolute atomic E-state index is 0.247. The first-order valence-corrected chi connectivity index (χ1v) is 7.58. The summed E-state index contributed by atoms with van der Waals surface area (Å²) in [6.45, 7) is 0.445. The molecule has 120 valence electrons. The zero-order valence-corrected chi connectivity index (χ0v) is 13.1. The van der Waals surface area contributed by atoms with Gasteiger partial charge in [-0.05, 0) is 29.8 Å². The number of nitrogens with zero attached hydrogens (tertiary/aromatic N) is 3. The van der Waals surface area contributed by atoms with Gasteiger partial charge in [0.25, 0.3) is 0 Å². The van der Waals surface area contributed by atoms with Crippen molar-refractivity contribution in [3.8, 4) is 0 Å². The largest absolute Gasteiger partial charge is 0.334 e. The number of aryl methyl sites for hydroxylation is 1. The molecule has 2 amide bonds. The number of anilines is 1. The van der Waals surface area contributed by atoms with E-state index in [9.17, 15) is 4.79 Å². The van der Waals surface area contributed by atoms with Gasteiger partial charge in [-0.15, -0.1) is 0 Å². The third-order valence-electron chi connectivity index (χ3n) is 3.96. The van der Waals surface area contributed by atoms with Crippen molar-refractivity contribution in [2.24, 2.45) is 7.05 Å². The van der Waals surface area contributed by atoms with Gasteiger partial charge in [0.2, 0.25) is 0 Å². The zero-order valence-electron chi connectivity index (χ0n) is 13.1. The van der Waals surface area contributed by atoms with Crippen LogP contribution in [0.25, 0.3) is 21.8 Å². The van der Waals surface area contributed by atoms with Crippen molar-refractivity contribution in [3.63, 3.8) is 0 Å². The number of aromatic nitrogens is 4. The summed E-state index contributed by atoms with van der Waals surface area (Å²) in [5, 5.41) is 18.8. The van der Waals surface area contributed by atoms with E-state index in [2.05, 4.69) is 25.9 Å². The lowest BCUT2D eigenvalue weighted by Gasteiger charge is -2.08. The molecular weight excluding hydrogens is 304 g/mol. The molecule has 7 nitrogen and oxygen atoms in total. The maximum atomic E-state index is 12.1. The summed E-state index contributed by atoms with van der Waals surface area (Å²) in [6, 6.07) is 11.4. The smallest absolute Gasteiger partial charge is 0.319 e. The Hall–Kier alpha value is -3.35. The van der Waals surface area contributed by atoms with Crippen LogP contribution in [-0.2, 0) is 13.6 Å². The second kappa shape index (κ2) is 5.69. The number of H-pyrrole nitrogens is 1. The maximum Gasteiger partial charge on any atom is 0.319 e. The molecule has 0 bridgehead atoms. The molecule has 7 heteroatoms. The number of benzene rings is 2. The first-order chi connectivity index (χ1) is 11.7. The highest BCUT2D eigenvalue weighted by Crippen LogP contribution is 2.17. The van der Waals surface area contributed by atoms with Crippen molar-refractivity contribution in [2.45, 2.75) is 6.54 Å². The van der Waals surface area contributed by atoms with E-state index in [4.69, 9.17) is 0 Å². The molecule has 2 aromatic carbocycles. The van der Waals surface area contributed by atoms with Gasteiger partial charge in [0, 0.05) is 30.1 Å². The second-order valence-corrected chi connectivity index (χ2v) is 5.64. The second-order valence-electron chi connectivity index (χ2n) is 5.64. The van der Waals surface area contributed by atoms with Gasteiger partial charge in [0.15, 0.2) is 0 Å². The normalized spacial score (nSPS) is 11.0. The molecule has 0 aliphatic heterocycles. The average Bonchev–Trinajstić information content (AvgIpc) is 3.19. The lowest BCUT2D eigenvalue weighted by molar-refractivity contribution is 0.252. The number of urea groups is 1. The number of hydrogen-bond acceptors (Lipinski definition) is 3. The Balaban J connectivity index is 1.42. The first kappa shape index (κ1) is 14.3. The standard InChI is InChI=1S/C17H16N6O/c1-23-16-6-11(2-3-12(16)10-20-23)8-18-17(24)21-14-4-5-15-13(7-14)9-19-22-15/h2-7,9-10H,8H2,1H3,(H,19,22)(H2,18,21,24). The van der Waals surface area contributed by atoms with Crippen LogP contribution in [0, 0.1) is 0 Å². The summed E-state index contributed by atoms with van der Waals surface area (Å²) in [7, 11) is 1.90. The SMILES string of the molecule is Cn1ncc2ccc(CNC(=O)Nc3ccc4[nH]ncc4c3)cc21. The predicted octanol–water partition coefficient (Wildman–Crippen LogP) is 2.77. The Morgan fingerprint density at radius 1 is 1.17 bits per heavy atom.